The molecule has 10 heavy (non-hydrogen) atoms. The number of rotatable bonds is 4. The van der Waals surface area contributed by atoms with Gasteiger partial charge >= 0.3 is 0 Å². The summed E-state index contributed by atoms with van der Waals surface area (Å²) in [6.45, 7) is 3.64. The number of hydrogen-bond donors (Lipinski definition) is 2. The fourth-order valence-electron chi connectivity index (χ4n) is 0.841. The average Bonchev–Trinajstić information content (AvgIpc) is 1.92. The van der Waals surface area contributed by atoms with Gasteiger partial charge in [0.2, 0.25) is 0 Å². The summed E-state index contributed by atoms with van der Waals surface area (Å²) < 4.78 is 0. The molecule has 0 rings (SSSR count). The molecule has 0 atom stereocenters. The van der Waals surface area contributed by atoms with Crippen molar-refractivity contribution in [3.63, 3.8) is 0 Å². The van der Waals surface area contributed by atoms with Crippen LogP contribution in [0, 0.1) is 16.2 Å². The molecule has 0 bridgehead atoms. The maximum absolute atomic E-state index is 10.7. The summed E-state index contributed by atoms with van der Waals surface area (Å²) in [6.07, 6.45) is 2.19. The first-order valence-electron chi connectivity index (χ1n) is 3.40. The van der Waals surface area contributed by atoms with Crippen LogP contribution < -0.4 is 5.11 Å². The number of hydrogen-bond acceptors (Lipinski definition) is 3. The van der Waals surface area contributed by atoms with Gasteiger partial charge in [-0.2, -0.15) is 0 Å². The second kappa shape index (κ2) is 3.34. The van der Waals surface area contributed by atoms with Crippen LogP contribution in [0.2, 0.25) is 0 Å². The molecule has 58 valence electrons. The third-order valence-electron chi connectivity index (χ3n) is 1.99. The Morgan fingerprint density at radius 3 is 1.90 bits per heavy atom. The van der Waals surface area contributed by atoms with E-state index in [4.69, 9.17) is 10.8 Å². The predicted molar refractivity (Wildman–Crippen MR) is 39.5 cm³/mol. The van der Waals surface area contributed by atoms with Crippen LogP contribution >= 0.6 is 0 Å². The van der Waals surface area contributed by atoms with Gasteiger partial charge in [-0.15, -0.1) is 0 Å². The minimum absolute atomic E-state index is 0.551. The van der Waals surface area contributed by atoms with Crippen LogP contribution in [0.4, 0.5) is 0 Å². The molecule has 0 spiro atoms. The lowest BCUT2D eigenvalue weighted by atomic mass is 9.83. The van der Waals surface area contributed by atoms with E-state index in [1.807, 2.05) is 13.8 Å². The highest BCUT2D eigenvalue weighted by Gasteiger charge is 2.22. The molecule has 0 aromatic carbocycles. The van der Waals surface area contributed by atoms with E-state index in [2.05, 4.69) is 0 Å². The second-order valence-corrected chi connectivity index (χ2v) is 2.34. The van der Waals surface area contributed by atoms with Crippen LogP contribution in [0.5, 0.6) is 0 Å². The molecular formula is C7H13N2O-. The molecule has 0 saturated carbocycles. The van der Waals surface area contributed by atoms with E-state index in [9.17, 15) is 5.11 Å². The summed E-state index contributed by atoms with van der Waals surface area (Å²) in [5.74, 6) is -0.646. The lowest BCUT2D eigenvalue weighted by molar-refractivity contribution is -0.229. The first kappa shape index (κ1) is 9.14. The Morgan fingerprint density at radius 1 is 1.50 bits per heavy atom. The van der Waals surface area contributed by atoms with E-state index >= 15 is 0 Å². The molecule has 0 amide bonds. The van der Waals surface area contributed by atoms with Crippen molar-refractivity contribution < 1.29 is 5.11 Å². The van der Waals surface area contributed by atoms with Crippen LogP contribution in [0.3, 0.4) is 0 Å². The van der Waals surface area contributed by atoms with Gasteiger partial charge in [0.05, 0.1) is 0 Å². The topological polar surface area (TPSA) is 70.8 Å². The van der Waals surface area contributed by atoms with Crippen molar-refractivity contribution in [1.82, 2.24) is 0 Å². The molecule has 0 heterocycles. The van der Waals surface area contributed by atoms with Crippen LogP contribution in [-0.4, -0.2) is 12.1 Å². The Balaban J connectivity index is 4.46. The van der Waals surface area contributed by atoms with Gasteiger partial charge in [0, 0.05) is 11.6 Å². The van der Waals surface area contributed by atoms with Crippen molar-refractivity contribution in [3.05, 3.63) is 0 Å². The van der Waals surface area contributed by atoms with Crippen LogP contribution in [0.25, 0.3) is 0 Å². The van der Waals surface area contributed by atoms with Crippen molar-refractivity contribution in [1.29, 1.82) is 10.8 Å². The maximum Gasteiger partial charge on any atom is 0.0318 e. The predicted octanol–water partition coefficient (Wildman–Crippen LogP) is 0.780. The van der Waals surface area contributed by atoms with E-state index < -0.39 is 11.3 Å². The highest BCUT2D eigenvalue weighted by atomic mass is 16.3. The Morgan fingerprint density at radius 2 is 1.90 bits per heavy atom. The minimum Gasteiger partial charge on any atom is -0.862 e. The van der Waals surface area contributed by atoms with Crippen molar-refractivity contribution in [2.24, 2.45) is 5.41 Å². The SMILES string of the molecule is CCC(C=N)(CC)C(=N)[O-]. The van der Waals surface area contributed by atoms with Crippen molar-refractivity contribution in [2.45, 2.75) is 26.7 Å². The fraction of sp³-hybridized carbons (Fsp3) is 0.714. The van der Waals surface area contributed by atoms with Gasteiger partial charge in [-0.3, -0.25) is 0 Å². The Kier molecular flexibility index (Phi) is 3.06. The van der Waals surface area contributed by atoms with Crippen LogP contribution in [0.1, 0.15) is 26.7 Å². The molecule has 2 N–H and O–H groups in total. The summed E-state index contributed by atoms with van der Waals surface area (Å²) in [6, 6.07) is 0. The van der Waals surface area contributed by atoms with Gasteiger partial charge in [0.1, 0.15) is 0 Å². The van der Waals surface area contributed by atoms with E-state index in [0.29, 0.717) is 12.8 Å². The standard InChI is InChI=1S/C7H14N2O/c1-3-7(4-2,5-8)6(9)10/h5,8H,3-4H2,1-2H3,(H2,9,10)/p-1. The fourth-order valence-corrected chi connectivity index (χ4v) is 0.841. The average molecular weight is 141 g/mol. The van der Waals surface area contributed by atoms with Crippen molar-refractivity contribution in [3.8, 4) is 0 Å². The molecule has 0 aromatic rings. The summed E-state index contributed by atoms with van der Waals surface area (Å²) in [7, 11) is 0. The zero-order chi connectivity index (χ0) is 8.20. The largest absolute Gasteiger partial charge is 0.862 e. The van der Waals surface area contributed by atoms with E-state index in [-0.39, 0.29) is 0 Å². The molecule has 0 fully saturated rings. The Hall–Kier alpha value is -0.860. The van der Waals surface area contributed by atoms with Crippen LogP contribution in [-0.2, 0) is 0 Å². The monoisotopic (exact) mass is 141 g/mol. The molecule has 0 radical (unpaired) electrons. The van der Waals surface area contributed by atoms with Gasteiger partial charge in [-0.05, 0) is 18.7 Å². The summed E-state index contributed by atoms with van der Waals surface area (Å²) in [5, 5.41) is 24.5. The Labute approximate surface area is 61.1 Å². The van der Waals surface area contributed by atoms with Crippen molar-refractivity contribution >= 4 is 12.1 Å². The molecule has 3 nitrogen and oxygen atoms in total. The maximum atomic E-state index is 10.7. The first-order chi connectivity index (χ1) is 4.63. The van der Waals surface area contributed by atoms with Crippen molar-refractivity contribution in [2.75, 3.05) is 0 Å². The third-order valence-corrected chi connectivity index (χ3v) is 1.99. The lowest BCUT2D eigenvalue weighted by Crippen LogP contribution is -2.39. The normalized spacial score (nSPS) is 11.0. The molecule has 0 unspecified atom stereocenters. The van der Waals surface area contributed by atoms with Gasteiger partial charge < -0.3 is 15.9 Å². The van der Waals surface area contributed by atoms with Crippen LogP contribution in [0.15, 0.2) is 0 Å². The molecule has 0 aromatic heterocycles. The van der Waals surface area contributed by atoms with Gasteiger partial charge in [0.15, 0.2) is 0 Å². The zero-order valence-corrected chi connectivity index (χ0v) is 6.40. The highest BCUT2D eigenvalue weighted by molar-refractivity contribution is 5.93. The molecule has 0 aliphatic heterocycles. The summed E-state index contributed by atoms with van der Waals surface area (Å²) >= 11 is 0. The van der Waals surface area contributed by atoms with E-state index in [1.165, 1.54) is 0 Å². The van der Waals surface area contributed by atoms with E-state index in [0.717, 1.165) is 6.21 Å². The molecule has 0 aliphatic rings. The lowest BCUT2D eigenvalue weighted by Gasteiger charge is -2.30. The summed E-state index contributed by atoms with van der Waals surface area (Å²) in [4.78, 5) is 0. The minimum atomic E-state index is -0.806. The van der Waals surface area contributed by atoms with Gasteiger partial charge in [0.25, 0.3) is 0 Å². The second-order valence-electron chi connectivity index (χ2n) is 2.34. The van der Waals surface area contributed by atoms with E-state index in [1.54, 1.807) is 0 Å². The molecule has 0 aliphatic carbocycles. The highest BCUT2D eigenvalue weighted by Crippen LogP contribution is 2.22. The Bertz CT molecular complexity index is 139. The molecular weight excluding hydrogens is 128 g/mol. The number of nitrogens with one attached hydrogen (secondary N) is 2. The zero-order valence-electron chi connectivity index (χ0n) is 6.40. The molecule has 0 saturated heterocycles. The summed E-state index contributed by atoms with van der Waals surface area (Å²) in [5.41, 5.74) is -0.806. The first-order valence-corrected chi connectivity index (χ1v) is 3.40. The van der Waals surface area contributed by atoms with Gasteiger partial charge in [-0.1, -0.05) is 13.8 Å². The van der Waals surface area contributed by atoms with Gasteiger partial charge in [-0.25, -0.2) is 0 Å². The molecule has 3 heteroatoms. The third kappa shape index (κ3) is 1.35. The smallest absolute Gasteiger partial charge is 0.0318 e. The quantitative estimate of drug-likeness (QED) is 0.440.